The molecular weight excluding hydrogens is 728 g/mol. The van der Waals surface area contributed by atoms with Crippen molar-refractivity contribution >= 4 is 47.2 Å². The maximum atomic E-state index is 13.8. The predicted molar refractivity (Wildman–Crippen MR) is 204 cm³/mol. The number of nitrogens with zero attached hydrogens (tertiary/aromatic N) is 5. The highest BCUT2D eigenvalue weighted by atomic mass is 35.5. The van der Waals surface area contributed by atoms with Crippen molar-refractivity contribution in [2.75, 3.05) is 53.4 Å². The number of rotatable bonds is 16. The third-order valence-electron chi connectivity index (χ3n) is 8.93. The Morgan fingerprint density at radius 2 is 1.25 bits per heavy atom. The second-order valence-electron chi connectivity index (χ2n) is 13.1. The van der Waals surface area contributed by atoms with Crippen LogP contribution in [0.2, 0.25) is 0 Å². The van der Waals surface area contributed by atoms with Gasteiger partial charge in [-0.15, -0.1) is 0 Å². The summed E-state index contributed by atoms with van der Waals surface area (Å²) >= 11 is 5.88. The number of pyridine rings is 2. The van der Waals surface area contributed by atoms with Gasteiger partial charge < -0.3 is 36.4 Å². The van der Waals surface area contributed by atoms with Crippen LogP contribution in [0, 0.1) is 23.7 Å². The maximum absolute atomic E-state index is 13.8. The first-order chi connectivity index (χ1) is 26.6. The summed E-state index contributed by atoms with van der Waals surface area (Å²) in [6.45, 7) is 1.18. The van der Waals surface area contributed by atoms with E-state index >= 15 is 0 Å². The van der Waals surface area contributed by atoms with Crippen LogP contribution in [0.15, 0.2) is 48.8 Å². The first kappa shape index (κ1) is 42.2. The zero-order valence-electron chi connectivity index (χ0n) is 31.0. The van der Waals surface area contributed by atoms with Gasteiger partial charge in [0, 0.05) is 70.5 Å². The fraction of sp³-hybridized carbons (Fsp3) is 0.474. The lowest BCUT2D eigenvalue weighted by Crippen LogP contribution is -2.53. The molecule has 2 fully saturated rings. The van der Waals surface area contributed by atoms with Crippen LogP contribution in [0.5, 0.6) is 0 Å². The smallest absolute Gasteiger partial charge is 0.269 e. The molecule has 17 heteroatoms. The molecule has 0 radical (unpaired) electrons. The largest absolute Gasteiger partial charge is 0.349 e. The monoisotopic (exact) mass is 774 g/mol. The molecule has 0 bridgehead atoms. The van der Waals surface area contributed by atoms with Crippen LogP contribution in [0.3, 0.4) is 0 Å². The van der Waals surface area contributed by atoms with Crippen LogP contribution in [0.1, 0.15) is 59.5 Å². The van der Waals surface area contributed by atoms with Gasteiger partial charge in [-0.1, -0.05) is 24.0 Å². The molecule has 0 unspecified atom stereocenters. The summed E-state index contributed by atoms with van der Waals surface area (Å²) in [5.74, 6) is 8.90. The first-order valence-electron chi connectivity index (χ1n) is 18.1. The fourth-order valence-electron chi connectivity index (χ4n) is 6.31. The molecule has 4 rings (SSSR count). The van der Waals surface area contributed by atoms with E-state index in [0.29, 0.717) is 25.9 Å². The number of likely N-dealkylation sites (tertiary alicyclic amines) is 2. The number of aromatic nitrogens is 2. The van der Waals surface area contributed by atoms with E-state index < -0.39 is 18.0 Å². The third-order valence-corrected chi connectivity index (χ3v) is 9.05. The lowest BCUT2D eigenvalue weighted by atomic mass is 10.1. The summed E-state index contributed by atoms with van der Waals surface area (Å²) < 4.78 is 1.16. The number of hydrogen-bond acceptors (Lipinski definition) is 10. The van der Waals surface area contributed by atoms with E-state index in [9.17, 15) is 28.8 Å². The molecule has 6 amide bonds. The minimum absolute atomic E-state index is 0.00426. The molecule has 0 aromatic carbocycles. The Kier molecular flexibility index (Phi) is 16.9. The molecule has 0 saturated carbocycles. The van der Waals surface area contributed by atoms with Gasteiger partial charge in [-0.25, -0.2) is 4.42 Å². The summed E-state index contributed by atoms with van der Waals surface area (Å²) in [7, 11) is 3.13. The minimum atomic E-state index is -1.01. The molecule has 2 aliphatic rings. The Labute approximate surface area is 326 Å². The normalized spacial score (nSPS) is 17.2. The van der Waals surface area contributed by atoms with Gasteiger partial charge in [0.15, 0.2) is 0 Å². The molecule has 0 aliphatic carbocycles. The van der Waals surface area contributed by atoms with E-state index in [1.165, 1.54) is 19.4 Å². The van der Waals surface area contributed by atoms with E-state index in [1.807, 2.05) is 0 Å². The van der Waals surface area contributed by atoms with Gasteiger partial charge in [0.1, 0.15) is 23.5 Å². The molecular formula is C38H47ClN10O6. The predicted octanol–water partition coefficient (Wildman–Crippen LogP) is -0.320. The third kappa shape index (κ3) is 13.4. The Morgan fingerprint density at radius 3 is 1.67 bits per heavy atom. The lowest BCUT2D eigenvalue weighted by Gasteiger charge is -2.29. The van der Waals surface area contributed by atoms with Crippen LogP contribution in [-0.2, 0) is 19.2 Å². The molecule has 55 heavy (non-hydrogen) atoms. The van der Waals surface area contributed by atoms with Crippen molar-refractivity contribution < 1.29 is 28.8 Å². The molecule has 2 aliphatic heterocycles. The van der Waals surface area contributed by atoms with Crippen LogP contribution < -0.4 is 26.6 Å². The number of carbonyl (C=O) groups is 6. The highest BCUT2D eigenvalue weighted by Crippen LogP contribution is 2.20. The van der Waals surface area contributed by atoms with Crippen molar-refractivity contribution in [3.05, 3.63) is 60.2 Å². The summed E-state index contributed by atoms with van der Waals surface area (Å²) in [6, 6.07) is 7.53. The highest BCUT2D eigenvalue weighted by Gasteiger charge is 2.35. The zero-order valence-corrected chi connectivity index (χ0v) is 31.7. The van der Waals surface area contributed by atoms with Crippen LogP contribution in [0.25, 0.3) is 0 Å². The summed E-state index contributed by atoms with van der Waals surface area (Å²) in [5.41, 5.74) is 0.541. The molecule has 0 spiro atoms. The number of nitrogens with one attached hydrogen (secondary N) is 5. The number of amides is 6. The molecule has 2 aromatic heterocycles. The number of carbonyl (C=O) groups excluding carboxylic acids is 6. The van der Waals surface area contributed by atoms with E-state index in [-0.39, 0.29) is 92.0 Å². The van der Waals surface area contributed by atoms with Gasteiger partial charge in [0.25, 0.3) is 11.8 Å². The summed E-state index contributed by atoms with van der Waals surface area (Å²) in [5, 5.41) is 13.9. The number of hydrogen-bond donors (Lipinski definition) is 5. The minimum Gasteiger partial charge on any atom is -0.349 e. The average molecular weight is 775 g/mol. The lowest BCUT2D eigenvalue weighted by molar-refractivity contribution is -0.137. The zero-order chi connectivity index (χ0) is 39.6. The maximum Gasteiger partial charge on any atom is 0.269 e. The molecule has 4 heterocycles. The van der Waals surface area contributed by atoms with Crippen molar-refractivity contribution in [3.8, 4) is 23.7 Å². The molecule has 2 saturated heterocycles. The van der Waals surface area contributed by atoms with Crippen LogP contribution >= 0.6 is 11.8 Å². The molecule has 5 N–H and O–H groups in total. The van der Waals surface area contributed by atoms with Gasteiger partial charge in [0.05, 0.1) is 13.1 Å². The molecule has 16 nitrogen and oxygen atoms in total. The van der Waals surface area contributed by atoms with E-state index in [1.54, 1.807) is 53.2 Å². The molecule has 4 atom stereocenters. The van der Waals surface area contributed by atoms with Gasteiger partial charge in [-0.05, 0) is 80.6 Å². The van der Waals surface area contributed by atoms with Gasteiger partial charge in [0.2, 0.25) is 23.6 Å². The van der Waals surface area contributed by atoms with Crippen molar-refractivity contribution in [1.82, 2.24) is 50.8 Å². The highest BCUT2D eigenvalue weighted by molar-refractivity contribution is 6.14. The van der Waals surface area contributed by atoms with Crippen molar-refractivity contribution in [2.24, 2.45) is 0 Å². The Bertz CT molecular complexity index is 1780. The van der Waals surface area contributed by atoms with Gasteiger partial charge >= 0.3 is 0 Å². The quantitative estimate of drug-likeness (QED) is 0.111. The molecule has 2 aromatic rings. The summed E-state index contributed by atoms with van der Waals surface area (Å²) in [4.78, 5) is 89.3. The van der Waals surface area contributed by atoms with Crippen molar-refractivity contribution in [2.45, 2.75) is 62.7 Å². The van der Waals surface area contributed by atoms with Crippen LogP contribution in [-0.4, -0.2) is 137 Å². The summed E-state index contributed by atoms with van der Waals surface area (Å²) in [6.07, 6.45) is 5.77. The van der Waals surface area contributed by atoms with Crippen molar-refractivity contribution in [1.29, 1.82) is 0 Å². The first-order valence-corrected chi connectivity index (χ1v) is 18.5. The average Bonchev–Trinajstić information content (AvgIpc) is 3.86. The molecule has 292 valence electrons. The Morgan fingerprint density at radius 1 is 0.782 bits per heavy atom. The van der Waals surface area contributed by atoms with Crippen LogP contribution in [0.4, 0.5) is 0 Å². The topological polar surface area (TPSA) is 198 Å². The Balaban J connectivity index is 1.39. The SMILES string of the molecule is CNCC(=O)N[C@@H](CC#CC#CC[C@H](NC(=O)CN(C)Cl)C(=O)N1CCC[C@H]1CNC(=O)c1ccccn1)C(=O)N1CCC[C@H]1CNC(=O)c1ccccn1. The second-order valence-corrected chi connectivity index (χ2v) is 13.6. The van der Waals surface area contributed by atoms with E-state index in [4.69, 9.17) is 11.8 Å². The van der Waals surface area contributed by atoms with E-state index in [2.05, 4.69) is 60.2 Å². The van der Waals surface area contributed by atoms with Crippen molar-refractivity contribution in [3.63, 3.8) is 0 Å². The second kappa shape index (κ2) is 22.0. The van der Waals surface area contributed by atoms with Gasteiger partial charge in [-0.2, -0.15) is 0 Å². The Hall–Kier alpha value is -5.55. The standard InChI is InChI=1S/C38H47ClN10O6/c1-40-25-33(50)45-31(37(54)48-21-11-13-27(48)23-43-35(52)29-15-7-9-19-41-29)17-5-3-4-6-18-32(46-34(51)26-47(2)39)38(55)49-22-12-14-28(49)24-44-36(53)30-16-8-10-20-42-30/h7-10,15-16,19-20,27-28,31-32,40H,11-14,17-18,21-26H2,1-2H3,(H,43,52)(H,44,53)(H,45,50)(H,46,51)/t27-,28-,31-,32-/m0/s1. The fourth-order valence-corrected chi connectivity index (χ4v) is 6.42. The number of likely N-dealkylation sites (N-methyl/N-ethyl adjacent to an activating group) is 2. The van der Waals surface area contributed by atoms with E-state index in [0.717, 1.165) is 17.3 Å². The number of halogens is 1. The van der Waals surface area contributed by atoms with Gasteiger partial charge in [-0.3, -0.25) is 38.7 Å².